The lowest BCUT2D eigenvalue weighted by atomic mass is 10.0. The first-order chi connectivity index (χ1) is 8.03. The average molecular weight is 235 g/mol. The van der Waals surface area contributed by atoms with Gasteiger partial charge in [-0.1, -0.05) is 18.2 Å². The van der Waals surface area contributed by atoms with Crippen LogP contribution in [0.1, 0.15) is 19.4 Å². The lowest BCUT2D eigenvalue weighted by molar-refractivity contribution is 0.0498. The molecule has 1 aromatic carbocycles. The SMILES string of the molecule is CN(CC1Cc2ccccc2O1)C(C)(C)CO. The Labute approximate surface area is 103 Å². The van der Waals surface area contributed by atoms with Gasteiger partial charge in [-0.15, -0.1) is 0 Å². The second-order valence-corrected chi connectivity index (χ2v) is 5.40. The van der Waals surface area contributed by atoms with E-state index in [1.165, 1.54) is 5.56 Å². The maximum Gasteiger partial charge on any atom is 0.123 e. The monoisotopic (exact) mass is 235 g/mol. The van der Waals surface area contributed by atoms with Gasteiger partial charge in [-0.3, -0.25) is 4.90 Å². The first-order valence-electron chi connectivity index (χ1n) is 6.09. The van der Waals surface area contributed by atoms with E-state index in [0.717, 1.165) is 18.7 Å². The largest absolute Gasteiger partial charge is 0.488 e. The molecular weight excluding hydrogens is 214 g/mol. The highest BCUT2D eigenvalue weighted by molar-refractivity contribution is 5.37. The normalized spacial score (nSPS) is 19.2. The predicted molar refractivity (Wildman–Crippen MR) is 68.4 cm³/mol. The van der Waals surface area contributed by atoms with E-state index >= 15 is 0 Å². The summed E-state index contributed by atoms with van der Waals surface area (Å²) >= 11 is 0. The first-order valence-corrected chi connectivity index (χ1v) is 6.09. The molecule has 0 aliphatic carbocycles. The molecule has 1 heterocycles. The summed E-state index contributed by atoms with van der Waals surface area (Å²) < 4.78 is 5.89. The van der Waals surface area contributed by atoms with E-state index in [1.807, 2.05) is 39.1 Å². The molecule has 1 atom stereocenters. The topological polar surface area (TPSA) is 32.7 Å². The van der Waals surface area contributed by atoms with Crippen molar-refractivity contribution in [3.05, 3.63) is 29.8 Å². The summed E-state index contributed by atoms with van der Waals surface area (Å²) in [6, 6.07) is 8.19. The van der Waals surface area contributed by atoms with Crippen molar-refractivity contribution in [2.75, 3.05) is 20.2 Å². The number of aliphatic hydroxyl groups excluding tert-OH is 1. The standard InChI is InChI=1S/C14H21NO2/c1-14(2,10-16)15(3)9-12-8-11-6-4-5-7-13(11)17-12/h4-7,12,16H,8-10H2,1-3H3. The number of ether oxygens (including phenoxy) is 1. The summed E-state index contributed by atoms with van der Waals surface area (Å²) in [4.78, 5) is 2.16. The van der Waals surface area contributed by atoms with Crippen molar-refractivity contribution in [1.82, 2.24) is 4.90 Å². The van der Waals surface area contributed by atoms with Crippen LogP contribution in [0.2, 0.25) is 0 Å². The fraction of sp³-hybridized carbons (Fsp3) is 0.571. The molecule has 1 aliphatic heterocycles. The van der Waals surface area contributed by atoms with E-state index < -0.39 is 0 Å². The molecule has 0 saturated carbocycles. The molecule has 0 aromatic heterocycles. The van der Waals surface area contributed by atoms with E-state index in [0.29, 0.717) is 0 Å². The molecule has 1 unspecified atom stereocenters. The van der Waals surface area contributed by atoms with Crippen molar-refractivity contribution in [3.8, 4) is 5.75 Å². The molecular formula is C14H21NO2. The van der Waals surface area contributed by atoms with Crippen LogP contribution in [0, 0.1) is 0 Å². The van der Waals surface area contributed by atoms with E-state index in [9.17, 15) is 5.11 Å². The lowest BCUT2D eigenvalue weighted by Crippen LogP contribution is -2.48. The Hall–Kier alpha value is -1.06. The molecule has 3 heteroatoms. The number of likely N-dealkylation sites (N-methyl/N-ethyl adjacent to an activating group) is 1. The van der Waals surface area contributed by atoms with Gasteiger partial charge in [0.05, 0.1) is 6.61 Å². The molecule has 1 aliphatic rings. The maximum absolute atomic E-state index is 9.33. The molecule has 2 rings (SSSR count). The number of para-hydroxylation sites is 1. The van der Waals surface area contributed by atoms with Crippen molar-refractivity contribution >= 4 is 0 Å². The fourth-order valence-electron chi connectivity index (χ4n) is 2.03. The maximum atomic E-state index is 9.33. The van der Waals surface area contributed by atoms with Crippen molar-refractivity contribution < 1.29 is 9.84 Å². The predicted octanol–water partition coefficient (Wildman–Crippen LogP) is 1.69. The third-order valence-electron chi connectivity index (χ3n) is 3.61. The number of nitrogens with zero attached hydrogens (tertiary/aromatic N) is 1. The van der Waals surface area contributed by atoms with Crippen molar-refractivity contribution in [1.29, 1.82) is 0 Å². The van der Waals surface area contributed by atoms with Crippen LogP contribution in [0.5, 0.6) is 5.75 Å². The van der Waals surface area contributed by atoms with Gasteiger partial charge in [0.25, 0.3) is 0 Å². The molecule has 0 bridgehead atoms. The molecule has 1 N–H and O–H groups in total. The summed E-state index contributed by atoms with van der Waals surface area (Å²) in [5.74, 6) is 1.01. The molecule has 0 amide bonds. The quantitative estimate of drug-likeness (QED) is 0.862. The minimum absolute atomic E-state index is 0.156. The third-order valence-corrected chi connectivity index (χ3v) is 3.61. The molecule has 1 aromatic rings. The van der Waals surface area contributed by atoms with Gasteiger partial charge in [-0.05, 0) is 32.5 Å². The Morgan fingerprint density at radius 3 is 2.76 bits per heavy atom. The summed E-state index contributed by atoms with van der Waals surface area (Å²) in [7, 11) is 2.03. The van der Waals surface area contributed by atoms with Crippen LogP contribution in [0.15, 0.2) is 24.3 Å². The smallest absolute Gasteiger partial charge is 0.123 e. The summed E-state index contributed by atoms with van der Waals surface area (Å²) in [5.41, 5.74) is 1.09. The highest BCUT2D eigenvalue weighted by Gasteiger charge is 2.29. The number of aliphatic hydroxyl groups is 1. The Kier molecular flexibility index (Phi) is 3.40. The van der Waals surface area contributed by atoms with Gasteiger partial charge in [0.1, 0.15) is 11.9 Å². The Morgan fingerprint density at radius 1 is 1.41 bits per heavy atom. The minimum atomic E-state index is -0.196. The highest BCUT2D eigenvalue weighted by atomic mass is 16.5. The van der Waals surface area contributed by atoms with Crippen LogP contribution in [-0.2, 0) is 6.42 Å². The van der Waals surface area contributed by atoms with Crippen molar-refractivity contribution in [3.63, 3.8) is 0 Å². The van der Waals surface area contributed by atoms with Crippen LogP contribution < -0.4 is 4.74 Å². The highest BCUT2D eigenvalue weighted by Crippen LogP contribution is 2.29. The zero-order chi connectivity index (χ0) is 12.5. The third kappa shape index (κ3) is 2.61. The Balaban J connectivity index is 1.96. The summed E-state index contributed by atoms with van der Waals surface area (Å²) in [5, 5.41) is 9.33. The molecule has 0 radical (unpaired) electrons. The average Bonchev–Trinajstić information content (AvgIpc) is 2.70. The van der Waals surface area contributed by atoms with E-state index in [4.69, 9.17) is 4.74 Å². The van der Waals surface area contributed by atoms with Crippen molar-refractivity contribution in [2.24, 2.45) is 0 Å². The fourth-order valence-corrected chi connectivity index (χ4v) is 2.03. The van der Waals surface area contributed by atoms with Crippen LogP contribution in [-0.4, -0.2) is 41.8 Å². The lowest BCUT2D eigenvalue weighted by Gasteiger charge is -2.35. The zero-order valence-corrected chi connectivity index (χ0v) is 10.8. The van der Waals surface area contributed by atoms with Gasteiger partial charge in [0.15, 0.2) is 0 Å². The number of hydrogen-bond donors (Lipinski definition) is 1. The number of benzene rings is 1. The summed E-state index contributed by atoms with van der Waals surface area (Å²) in [6.07, 6.45) is 1.16. The van der Waals surface area contributed by atoms with Gasteiger partial charge >= 0.3 is 0 Å². The van der Waals surface area contributed by atoms with Crippen LogP contribution in [0.4, 0.5) is 0 Å². The van der Waals surface area contributed by atoms with Gasteiger partial charge in [0.2, 0.25) is 0 Å². The number of fused-ring (bicyclic) bond motifs is 1. The van der Waals surface area contributed by atoms with E-state index in [2.05, 4.69) is 11.0 Å². The van der Waals surface area contributed by atoms with Crippen LogP contribution in [0.3, 0.4) is 0 Å². The molecule has 0 spiro atoms. The second kappa shape index (κ2) is 4.67. The molecule has 94 valence electrons. The molecule has 0 saturated heterocycles. The van der Waals surface area contributed by atoms with E-state index in [1.54, 1.807) is 0 Å². The van der Waals surface area contributed by atoms with Gasteiger partial charge in [-0.25, -0.2) is 0 Å². The summed E-state index contributed by atoms with van der Waals surface area (Å²) in [6.45, 7) is 5.07. The van der Waals surface area contributed by atoms with Gasteiger partial charge in [-0.2, -0.15) is 0 Å². The van der Waals surface area contributed by atoms with Gasteiger partial charge in [0, 0.05) is 18.5 Å². The Morgan fingerprint density at radius 2 is 2.12 bits per heavy atom. The Bertz CT molecular complexity index is 365. The minimum Gasteiger partial charge on any atom is -0.488 e. The zero-order valence-electron chi connectivity index (χ0n) is 10.8. The molecule has 17 heavy (non-hydrogen) atoms. The van der Waals surface area contributed by atoms with Crippen molar-refractivity contribution in [2.45, 2.75) is 31.9 Å². The first kappa shape index (κ1) is 12.4. The molecule has 0 fully saturated rings. The van der Waals surface area contributed by atoms with Crippen LogP contribution in [0.25, 0.3) is 0 Å². The second-order valence-electron chi connectivity index (χ2n) is 5.40. The van der Waals surface area contributed by atoms with Crippen LogP contribution >= 0.6 is 0 Å². The molecule has 3 nitrogen and oxygen atoms in total. The number of rotatable bonds is 4. The van der Waals surface area contributed by atoms with E-state index in [-0.39, 0.29) is 18.2 Å². The van der Waals surface area contributed by atoms with Gasteiger partial charge < -0.3 is 9.84 Å². The number of hydrogen-bond acceptors (Lipinski definition) is 3.